The van der Waals surface area contributed by atoms with Gasteiger partial charge in [0, 0.05) is 31.7 Å². The molecule has 2 aliphatic rings. The van der Waals surface area contributed by atoms with Crippen LogP contribution in [-0.4, -0.2) is 66.4 Å². The molecule has 0 radical (unpaired) electrons. The standard InChI is InChI=1S/C15H28N2O3/c1-12-10-19-11-15(12,5)17-8-6-16(7-9-17)13(18)20-14(2,3)4/h12H,6-11H2,1-5H3. The highest BCUT2D eigenvalue weighted by molar-refractivity contribution is 5.68. The predicted molar refractivity (Wildman–Crippen MR) is 77.8 cm³/mol. The monoisotopic (exact) mass is 284 g/mol. The maximum absolute atomic E-state index is 12.0. The van der Waals surface area contributed by atoms with Gasteiger partial charge in [0.05, 0.1) is 13.2 Å². The quantitative estimate of drug-likeness (QED) is 0.738. The van der Waals surface area contributed by atoms with E-state index in [-0.39, 0.29) is 11.6 Å². The molecule has 2 fully saturated rings. The third kappa shape index (κ3) is 3.26. The zero-order chi connectivity index (χ0) is 15.0. The van der Waals surface area contributed by atoms with E-state index >= 15 is 0 Å². The van der Waals surface area contributed by atoms with Gasteiger partial charge in [-0.3, -0.25) is 4.90 Å². The molecule has 2 atom stereocenters. The Morgan fingerprint density at radius 2 is 1.85 bits per heavy atom. The third-order valence-corrected chi connectivity index (χ3v) is 4.48. The summed E-state index contributed by atoms with van der Waals surface area (Å²) in [7, 11) is 0. The molecule has 5 heteroatoms. The summed E-state index contributed by atoms with van der Waals surface area (Å²) in [6.45, 7) is 15.1. The van der Waals surface area contributed by atoms with E-state index in [1.54, 1.807) is 0 Å². The van der Waals surface area contributed by atoms with Crippen LogP contribution in [0, 0.1) is 5.92 Å². The largest absolute Gasteiger partial charge is 0.444 e. The van der Waals surface area contributed by atoms with Crippen LogP contribution in [0.2, 0.25) is 0 Å². The fourth-order valence-corrected chi connectivity index (χ4v) is 2.89. The first-order chi connectivity index (χ1) is 9.22. The average molecular weight is 284 g/mol. The Morgan fingerprint density at radius 3 is 2.30 bits per heavy atom. The second-order valence-corrected chi connectivity index (χ2v) is 7.23. The van der Waals surface area contributed by atoms with Gasteiger partial charge in [0.1, 0.15) is 5.60 Å². The molecule has 2 aliphatic heterocycles. The second-order valence-electron chi connectivity index (χ2n) is 7.23. The lowest BCUT2D eigenvalue weighted by Crippen LogP contribution is -2.59. The van der Waals surface area contributed by atoms with Gasteiger partial charge in [0.2, 0.25) is 0 Å². The summed E-state index contributed by atoms with van der Waals surface area (Å²) in [5.41, 5.74) is -0.311. The van der Waals surface area contributed by atoms with Crippen molar-refractivity contribution in [3.63, 3.8) is 0 Å². The van der Waals surface area contributed by atoms with Crippen LogP contribution in [0.3, 0.4) is 0 Å². The molecule has 0 saturated carbocycles. The minimum absolute atomic E-state index is 0.111. The summed E-state index contributed by atoms with van der Waals surface area (Å²) in [6, 6.07) is 0. The van der Waals surface area contributed by atoms with E-state index in [4.69, 9.17) is 9.47 Å². The molecular formula is C15H28N2O3. The van der Waals surface area contributed by atoms with E-state index in [1.165, 1.54) is 0 Å². The maximum Gasteiger partial charge on any atom is 0.410 e. The van der Waals surface area contributed by atoms with Crippen LogP contribution in [0.15, 0.2) is 0 Å². The van der Waals surface area contributed by atoms with Gasteiger partial charge in [-0.25, -0.2) is 4.79 Å². The van der Waals surface area contributed by atoms with Crippen molar-refractivity contribution < 1.29 is 14.3 Å². The average Bonchev–Trinajstić information content (AvgIpc) is 2.69. The van der Waals surface area contributed by atoms with Crippen molar-refractivity contribution in [2.75, 3.05) is 39.4 Å². The van der Waals surface area contributed by atoms with Crippen molar-refractivity contribution in [2.45, 2.75) is 45.8 Å². The molecule has 116 valence electrons. The van der Waals surface area contributed by atoms with Gasteiger partial charge in [0.15, 0.2) is 0 Å². The Labute approximate surface area is 122 Å². The topological polar surface area (TPSA) is 42.0 Å². The number of nitrogens with zero attached hydrogens (tertiary/aromatic N) is 2. The lowest BCUT2D eigenvalue weighted by molar-refractivity contribution is -0.00778. The number of carbonyl (C=O) groups is 1. The van der Waals surface area contributed by atoms with Crippen LogP contribution >= 0.6 is 0 Å². The fraction of sp³-hybridized carbons (Fsp3) is 0.933. The van der Waals surface area contributed by atoms with Gasteiger partial charge in [-0.05, 0) is 33.6 Å². The molecule has 0 aromatic heterocycles. The molecule has 0 N–H and O–H groups in total. The highest BCUT2D eigenvalue weighted by Crippen LogP contribution is 2.32. The molecule has 2 heterocycles. The number of ether oxygens (including phenoxy) is 2. The number of hydrogen-bond acceptors (Lipinski definition) is 4. The minimum atomic E-state index is -0.423. The molecule has 0 bridgehead atoms. The van der Waals surface area contributed by atoms with Crippen LogP contribution in [0.25, 0.3) is 0 Å². The van der Waals surface area contributed by atoms with Gasteiger partial charge in [-0.15, -0.1) is 0 Å². The molecular weight excluding hydrogens is 256 g/mol. The minimum Gasteiger partial charge on any atom is -0.444 e. The van der Waals surface area contributed by atoms with Crippen molar-refractivity contribution in [1.82, 2.24) is 9.80 Å². The number of rotatable bonds is 1. The molecule has 0 aliphatic carbocycles. The molecule has 0 spiro atoms. The van der Waals surface area contributed by atoms with Gasteiger partial charge >= 0.3 is 6.09 Å². The van der Waals surface area contributed by atoms with Crippen molar-refractivity contribution in [1.29, 1.82) is 0 Å². The van der Waals surface area contributed by atoms with Crippen LogP contribution in [0.5, 0.6) is 0 Å². The molecule has 2 saturated heterocycles. The molecule has 2 unspecified atom stereocenters. The van der Waals surface area contributed by atoms with Crippen LogP contribution in [-0.2, 0) is 9.47 Å². The predicted octanol–water partition coefficient (Wildman–Crippen LogP) is 1.96. The zero-order valence-electron chi connectivity index (χ0n) is 13.4. The Hall–Kier alpha value is -0.810. The first kappa shape index (κ1) is 15.6. The van der Waals surface area contributed by atoms with E-state index < -0.39 is 5.60 Å². The third-order valence-electron chi connectivity index (χ3n) is 4.48. The normalized spacial score (nSPS) is 32.5. The van der Waals surface area contributed by atoms with Gasteiger partial charge in [-0.1, -0.05) is 6.92 Å². The van der Waals surface area contributed by atoms with E-state index in [1.807, 2.05) is 25.7 Å². The van der Waals surface area contributed by atoms with Crippen LogP contribution < -0.4 is 0 Å². The highest BCUT2D eigenvalue weighted by Gasteiger charge is 2.43. The lowest BCUT2D eigenvalue weighted by Gasteiger charge is -2.45. The molecule has 5 nitrogen and oxygen atoms in total. The molecule has 2 rings (SSSR count). The summed E-state index contributed by atoms with van der Waals surface area (Å²) in [4.78, 5) is 16.3. The molecule has 0 aromatic rings. The van der Waals surface area contributed by atoms with Crippen molar-refractivity contribution >= 4 is 6.09 Å². The second kappa shape index (κ2) is 5.53. The first-order valence-corrected chi connectivity index (χ1v) is 7.53. The molecule has 0 aromatic carbocycles. The number of hydrogen-bond donors (Lipinski definition) is 0. The van der Waals surface area contributed by atoms with Crippen LogP contribution in [0.1, 0.15) is 34.6 Å². The van der Waals surface area contributed by atoms with E-state index in [0.29, 0.717) is 5.92 Å². The fourth-order valence-electron chi connectivity index (χ4n) is 2.89. The summed E-state index contributed by atoms with van der Waals surface area (Å²) >= 11 is 0. The SMILES string of the molecule is CC1COCC1(C)N1CCN(C(=O)OC(C)(C)C)CC1. The van der Waals surface area contributed by atoms with Crippen molar-refractivity contribution in [3.8, 4) is 0 Å². The summed E-state index contributed by atoms with van der Waals surface area (Å²) in [5, 5.41) is 0. The van der Waals surface area contributed by atoms with Gasteiger partial charge < -0.3 is 14.4 Å². The summed E-state index contributed by atoms with van der Waals surface area (Å²) in [5.74, 6) is 0.538. The molecule has 1 amide bonds. The van der Waals surface area contributed by atoms with E-state index in [0.717, 1.165) is 39.4 Å². The first-order valence-electron chi connectivity index (χ1n) is 7.53. The van der Waals surface area contributed by atoms with Crippen LogP contribution in [0.4, 0.5) is 4.79 Å². The zero-order valence-corrected chi connectivity index (χ0v) is 13.4. The molecule has 20 heavy (non-hydrogen) atoms. The Kier molecular flexibility index (Phi) is 4.30. The number of amides is 1. The van der Waals surface area contributed by atoms with Crippen molar-refractivity contribution in [3.05, 3.63) is 0 Å². The maximum atomic E-state index is 12.0. The number of carbonyl (C=O) groups excluding carboxylic acids is 1. The van der Waals surface area contributed by atoms with E-state index in [9.17, 15) is 4.79 Å². The van der Waals surface area contributed by atoms with Crippen molar-refractivity contribution in [2.24, 2.45) is 5.92 Å². The summed E-state index contributed by atoms with van der Waals surface area (Å²) < 4.78 is 11.0. The number of piperazine rings is 1. The summed E-state index contributed by atoms with van der Waals surface area (Å²) in [6.07, 6.45) is -0.196. The van der Waals surface area contributed by atoms with Gasteiger partial charge in [0.25, 0.3) is 0 Å². The Bertz CT molecular complexity index is 359. The van der Waals surface area contributed by atoms with Gasteiger partial charge in [-0.2, -0.15) is 0 Å². The Balaban J connectivity index is 1.88. The smallest absolute Gasteiger partial charge is 0.410 e. The lowest BCUT2D eigenvalue weighted by atomic mass is 9.88. The highest BCUT2D eigenvalue weighted by atomic mass is 16.6. The van der Waals surface area contributed by atoms with E-state index in [2.05, 4.69) is 18.7 Å². The Morgan fingerprint density at radius 1 is 1.25 bits per heavy atom.